The van der Waals surface area contributed by atoms with E-state index in [1.54, 1.807) is 38.4 Å². The molecule has 0 radical (unpaired) electrons. The van der Waals surface area contributed by atoms with Crippen LogP contribution in [0, 0.1) is 5.92 Å². The van der Waals surface area contributed by atoms with E-state index in [9.17, 15) is 19.2 Å². The Morgan fingerprint density at radius 2 is 1.67 bits per heavy atom. The summed E-state index contributed by atoms with van der Waals surface area (Å²) in [5.74, 6) is 0.933. The van der Waals surface area contributed by atoms with Crippen LogP contribution in [0.2, 0.25) is 0 Å². The van der Waals surface area contributed by atoms with Gasteiger partial charge in [-0.3, -0.25) is 19.2 Å². The zero-order valence-electron chi connectivity index (χ0n) is 25.5. The molecular formula is C32H41N3O8. The van der Waals surface area contributed by atoms with Crippen molar-refractivity contribution in [2.24, 2.45) is 5.92 Å². The first-order valence-electron chi connectivity index (χ1n) is 14.6. The van der Waals surface area contributed by atoms with E-state index in [0.29, 0.717) is 86.7 Å². The fourth-order valence-corrected chi connectivity index (χ4v) is 6.01. The molecule has 1 heterocycles. The van der Waals surface area contributed by atoms with Crippen molar-refractivity contribution in [3.63, 3.8) is 0 Å². The van der Waals surface area contributed by atoms with Crippen molar-refractivity contribution in [2.75, 3.05) is 53.4 Å². The molecule has 43 heavy (non-hydrogen) atoms. The molecule has 0 saturated carbocycles. The zero-order valence-corrected chi connectivity index (χ0v) is 25.5. The molecule has 1 unspecified atom stereocenters. The van der Waals surface area contributed by atoms with Gasteiger partial charge in [-0.2, -0.15) is 0 Å². The minimum absolute atomic E-state index is 0.0315. The number of carbonyl (C=O) groups excluding carboxylic acids is 3. The molecule has 11 heteroatoms. The van der Waals surface area contributed by atoms with Crippen LogP contribution in [-0.4, -0.2) is 70.8 Å². The molecule has 1 atom stereocenters. The molecule has 0 bridgehead atoms. The fourth-order valence-electron chi connectivity index (χ4n) is 6.01. The van der Waals surface area contributed by atoms with Gasteiger partial charge >= 0.3 is 5.97 Å². The summed E-state index contributed by atoms with van der Waals surface area (Å²) in [6, 6.07) is 6.69. The maximum atomic E-state index is 13.4. The number of ether oxygens (including phenoxy) is 4. The third-order valence-corrected chi connectivity index (χ3v) is 8.18. The van der Waals surface area contributed by atoms with Crippen molar-refractivity contribution in [1.29, 1.82) is 0 Å². The van der Waals surface area contributed by atoms with Gasteiger partial charge in [-0.15, -0.1) is 0 Å². The molecule has 11 nitrogen and oxygen atoms in total. The summed E-state index contributed by atoms with van der Waals surface area (Å²) in [5, 5.41) is 6.21. The maximum absolute atomic E-state index is 13.4. The number of hydrogen-bond donors (Lipinski definition) is 2. The number of aryl methyl sites for hydroxylation is 1. The summed E-state index contributed by atoms with van der Waals surface area (Å²) >= 11 is 0. The Morgan fingerprint density at radius 3 is 2.30 bits per heavy atom. The fraction of sp³-hybridized carbons (Fsp3) is 0.500. The number of likely N-dealkylation sites (tertiary alicyclic amines) is 1. The van der Waals surface area contributed by atoms with Crippen LogP contribution >= 0.6 is 0 Å². The van der Waals surface area contributed by atoms with Crippen LogP contribution in [0.15, 0.2) is 29.1 Å². The molecule has 2 aromatic rings. The van der Waals surface area contributed by atoms with Crippen molar-refractivity contribution in [3.05, 3.63) is 45.6 Å². The molecule has 1 aliphatic heterocycles. The van der Waals surface area contributed by atoms with Gasteiger partial charge in [0.2, 0.25) is 23.0 Å². The first kappa shape index (κ1) is 31.7. The number of piperidine rings is 1. The maximum Gasteiger partial charge on any atom is 0.308 e. The highest BCUT2D eigenvalue weighted by molar-refractivity contribution is 5.84. The van der Waals surface area contributed by atoms with Crippen LogP contribution < -0.4 is 30.3 Å². The quantitative estimate of drug-likeness (QED) is 0.313. The third kappa shape index (κ3) is 7.03. The minimum Gasteiger partial charge on any atom is -0.493 e. The molecule has 1 saturated heterocycles. The third-order valence-electron chi connectivity index (χ3n) is 8.18. The lowest BCUT2D eigenvalue weighted by Crippen LogP contribution is -2.40. The highest BCUT2D eigenvalue weighted by Gasteiger charge is 2.30. The molecule has 2 aliphatic rings. The van der Waals surface area contributed by atoms with Gasteiger partial charge in [0.25, 0.3) is 0 Å². The SMILES string of the molecule is COC(=O)C1CCN(C(=O)CCCNc2ccc3c(cc2=O)C(NC(C)=O)CCc2cc(OC)c(OC)c(OC)c2-3)CC1. The van der Waals surface area contributed by atoms with Gasteiger partial charge in [-0.25, -0.2) is 0 Å². The average Bonchev–Trinajstić information content (AvgIpc) is 3.25. The van der Waals surface area contributed by atoms with Crippen molar-refractivity contribution in [3.8, 4) is 28.4 Å². The topological polar surface area (TPSA) is 132 Å². The van der Waals surface area contributed by atoms with E-state index in [2.05, 4.69) is 10.6 Å². The molecule has 4 rings (SSSR count). The van der Waals surface area contributed by atoms with Gasteiger partial charge in [0.15, 0.2) is 11.5 Å². The van der Waals surface area contributed by atoms with E-state index in [1.807, 2.05) is 12.1 Å². The summed E-state index contributed by atoms with van der Waals surface area (Å²) in [4.78, 5) is 51.9. The Bertz CT molecular complexity index is 1420. The van der Waals surface area contributed by atoms with Gasteiger partial charge in [0.05, 0.1) is 46.1 Å². The van der Waals surface area contributed by atoms with E-state index in [1.165, 1.54) is 14.0 Å². The Morgan fingerprint density at radius 1 is 0.953 bits per heavy atom. The highest BCUT2D eigenvalue weighted by Crippen LogP contribution is 2.50. The predicted octanol–water partition coefficient (Wildman–Crippen LogP) is 3.47. The monoisotopic (exact) mass is 595 g/mol. The Hall–Kier alpha value is -4.28. The molecule has 2 amide bonds. The van der Waals surface area contributed by atoms with Gasteiger partial charge in [-0.05, 0) is 67.0 Å². The van der Waals surface area contributed by atoms with Crippen molar-refractivity contribution < 1.29 is 33.3 Å². The molecular weight excluding hydrogens is 554 g/mol. The number of hydrogen-bond acceptors (Lipinski definition) is 9. The van der Waals surface area contributed by atoms with Crippen molar-refractivity contribution in [1.82, 2.24) is 10.2 Å². The standard InChI is InChI=1S/C32H41N3O8/c1-19(36)34-24-10-8-21-17-27(40-2)30(41-3)31(42-4)29(21)22-9-11-25(26(37)18-23(22)24)33-14-6-7-28(38)35-15-12-20(13-16-35)32(39)43-5/h9,11,17-18,20,24H,6-8,10,12-16H2,1-5H3,(H,33,37)(H,34,36). The normalized spacial score (nSPS) is 16.2. The Labute approximate surface area is 251 Å². The van der Waals surface area contributed by atoms with E-state index in [4.69, 9.17) is 18.9 Å². The van der Waals surface area contributed by atoms with Gasteiger partial charge in [0, 0.05) is 38.5 Å². The summed E-state index contributed by atoms with van der Waals surface area (Å²) in [7, 11) is 6.05. The summed E-state index contributed by atoms with van der Waals surface area (Å²) in [6.45, 7) is 2.96. The van der Waals surface area contributed by atoms with Gasteiger partial charge < -0.3 is 34.5 Å². The van der Waals surface area contributed by atoms with Crippen LogP contribution in [0.1, 0.15) is 56.2 Å². The van der Waals surface area contributed by atoms with Crippen LogP contribution in [0.3, 0.4) is 0 Å². The van der Waals surface area contributed by atoms with Gasteiger partial charge in [-0.1, -0.05) is 6.07 Å². The molecule has 1 aliphatic carbocycles. The number of nitrogens with zero attached hydrogens (tertiary/aromatic N) is 1. The lowest BCUT2D eigenvalue weighted by molar-refractivity contribution is -0.148. The van der Waals surface area contributed by atoms with Crippen LogP contribution in [0.4, 0.5) is 5.69 Å². The van der Waals surface area contributed by atoms with Crippen LogP contribution in [0.25, 0.3) is 11.1 Å². The van der Waals surface area contributed by atoms with E-state index in [0.717, 1.165) is 16.7 Å². The predicted molar refractivity (Wildman–Crippen MR) is 162 cm³/mol. The number of amides is 2. The highest BCUT2D eigenvalue weighted by atomic mass is 16.5. The number of esters is 1. The molecule has 0 spiro atoms. The second kappa shape index (κ2) is 14.3. The summed E-state index contributed by atoms with van der Waals surface area (Å²) in [6.07, 6.45) is 3.26. The average molecular weight is 596 g/mol. The largest absolute Gasteiger partial charge is 0.493 e. The number of benzene rings is 1. The summed E-state index contributed by atoms with van der Waals surface area (Å²) < 4.78 is 21.9. The number of nitrogens with one attached hydrogen (secondary N) is 2. The first-order valence-corrected chi connectivity index (χ1v) is 14.6. The minimum atomic E-state index is -0.393. The molecule has 0 aromatic heterocycles. The molecule has 2 N–H and O–H groups in total. The smallest absolute Gasteiger partial charge is 0.308 e. The number of anilines is 1. The molecule has 1 fully saturated rings. The Balaban J connectivity index is 1.56. The van der Waals surface area contributed by atoms with Crippen LogP contribution in [-0.2, 0) is 25.5 Å². The zero-order chi connectivity index (χ0) is 31.1. The Kier molecular flexibility index (Phi) is 10.5. The lowest BCUT2D eigenvalue weighted by Gasteiger charge is -2.30. The second-order valence-corrected chi connectivity index (χ2v) is 10.8. The van der Waals surface area contributed by atoms with E-state index < -0.39 is 6.04 Å². The number of fused-ring (bicyclic) bond motifs is 3. The van der Waals surface area contributed by atoms with Gasteiger partial charge in [0.1, 0.15) is 0 Å². The number of methoxy groups -OCH3 is 4. The van der Waals surface area contributed by atoms with E-state index >= 15 is 0 Å². The van der Waals surface area contributed by atoms with Crippen LogP contribution in [0.5, 0.6) is 17.2 Å². The van der Waals surface area contributed by atoms with Crippen molar-refractivity contribution in [2.45, 2.75) is 51.5 Å². The number of carbonyl (C=O) groups is 3. The first-order chi connectivity index (χ1) is 20.7. The van der Waals surface area contributed by atoms with Crippen molar-refractivity contribution >= 4 is 23.5 Å². The van der Waals surface area contributed by atoms with E-state index in [-0.39, 0.29) is 29.1 Å². The second-order valence-electron chi connectivity index (χ2n) is 10.8. The number of rotatable bonds is 10. The molecule has 2 aromatic carbocycles. The lowest BCUT2D eigenvalue weighted by atomic mass is 9.95. The molecule has 232 valence electrons. The summed E-state index contributed by atoms with van der Waals surface area (Å²) in [5.41, 5.74) is 3.33.